The van der Waals surface area contributed by atoms with Crippen LogP contribution in [0.1, 0.15) is 30.4 Å². The summed E-state index contributed by atoms with van der Waals surface area (Å²) in [4.78, 5) is 34.8. The quantitative estimate of drug-likeness (QED) is 0.588. The summed E-state index contributed by atoms with van der Waals surface area (Å²) in [6.45, 7) is 2.03. The highest BCUT2D eigenvalue weighted by molar-refractivity contribution is 7.97. The molecule has 1 heterocycles. The van der Waals surface area contributed by atoms with Gasteiger partial charge in [0.05, 0.1) is 6.04 Å². The number of nitrogens with one attached hydrogen (secondary N) is 1. The molecule has 1 aromatic carbocycles. The average Bonchev–Trinajstić information content (AvgIpc) is 3.00. The lowest BCUT2D eigenvalue weighted by Crippen LogP contribution is -2.35. The van der Waals surface area contributed by atoms with Gasteiger partial charge in [0.1, 0.15) is 12.1 Å². The number of carbonyl (C=O) groups excluding carboxylic acids is 3. The molecule has 0 radical (unpaired) electrons. The molecule has 118 valence electrons. The minimum absolute atomic E-state index is 0.0363. The highest BCUT2D eigenvalue weighted by atomic mass is 32.2. The van der Waals surface area contributed by atoms with Crippen LogP contribution >= 0.6 is 11.9 Å². The van der Waals surface area contributed by atoms with Crippen LogP contribution in [0.15, 0.2) is 24.3 Å². The Hall–Kier alpha value is -1.46. The zero-order valence-electron chi connectivity index (χ0n) is 12.7. The van der Waals surface area contributed by atoms with Crippen LogP contribution in [0.4, 0.5) is 0 Å². The number of hydrogen-bond donors (Lipinski definition) is 1. The van der Waals surface area contributed by atoms with E-state index in [4.69, 9.17) is 0 Å². The normalized spacial score (nSPS) is 20.8. The van der Waals surface area contributed by atoms with Crippen molar-refractivity contribution in [2.75, 3.05) is 5.75 Å². The Labute approximate surface area is 135 Å². The van der Waals surface area contributed by atoms with E-state index in [0.29, 0.717) is 18.6 Å². The molecule has 1 aliphatic rings. The van der Waals surface area contributed by atoms with Crippen molar-refractivity contribution < 1.29 is 14.4 Å². The summed E-state index contributed by atoms with van der Waals surface area (Å²) in [5.41, 5.74) is 2.34. The van der Waals surface area contributed by atoms with Crippen molar-refractivity contribution in [3.8, 4) is 0 Å². The van der Waals surface area contributed by atoms with Crippen molar-refractivity contribution in [3.05, 3.63) is 35.4 Å². The summed E-state index contributed by atoms with van der Waals surface area (Å²) in [6.07, 6.45) is 2.48. The molecule has 1 aromatic rings. The predicted molar refractivity (Wildman–Crippen MR) is 87.7 cm³/mol. The molecule has 1 fully saturated rings. The first-order valence-electron chi connectivity index (χ1n) is 7.52. The molecule has 4 nitrogen and oxygen atoms in total. The van der Waals surface area contributed by atoms with Gasteiger partial charge < -0.3 is 4.79 Å². The first-order valence-corrected chi connectivity index (χ1v) is 8.51. The van der Waals surface area contributed by atoms with Gasteiger partial charge in [-0.25, -0.2) is 0 Å². The highest BCUT2D eigenvalue weighted by Crippen LogP contribution is 2.21. The van der Waals surface area contributed by atoms with E-state index in [2.05, 4.69) is 4.72 Å². The fourth-order valence-corrected chi connectivity index (χ4v) is 3.47. The van der Waals surface area contributed by atoms with Crippen LogP contribution in [0.25, 0.3) is 0 Å². The number of benzene rings is 1. The Kier molecular flexibility index (Phi) is 6.34. The van der Waals surface area contributed by atoms with E-state index in [1.54, 1.807) is 0 Å². The summed E-state index contributed by atoms with van der Waals surface area (Å²) in [5.74, 6) is 0.426. The highest BCUT2D eigenvalue weighted by Gasteiger charge is 2.32. The Bertz CT molecular complexity index is 541. The largest absolute Gasteiger partial charge is 0.303 e. The Morgan fingerprint density at radius 2 is 1.95 bits per heavy atom. The molecule has 1 aliphatic heterocycles. The van der Waals surface area contributed by atoms with Gasteiger partial charge in [0, 0.05) is 30.9 Å². The van der Waals surface area contributed by atoms with E-state index in [9.17, 15) is 14.4 Å². The zero-order valence-corrected chi connectivity index (χ0v) is 13.5. The molecule has 0 spiro atoms. The van der Waals surface area contributed by atoms with Gasteiger partial charge in [0.25, 0.3) is 0 Å². The van der Waals surface area contributed by atoms with Gasteiger partial charge in [0.15, 0.2) is 5.78 Å². The van der Waals surface area contributed by atoms with Gasteiger partial charge in [-0.3, -0.25) is 14.3 Å². The third kappa shape index (κ3) is 4.78. The summed E-state index contributed by atoms with van der Waals surface area (Å²) in [5, 5.41) is 0. The molecule has 22 heavy (non-hydrogen) atoms. The maximum Gasteiger partial charge on any atom is 0.151 e. The predicted octanol–water partition coefficient (Wildman–Crippen LogP) is 2.28. The standard InChI is InChI=1S/C17H21NO3S/c1-12-2-4-13(5-3-12)6-7-15(20)8-9-16(21)17-14(10-19)11-22-18-17/h2-5,10,14,17-18H,6-9,11H2,1H3/t14-,17?/m1/s1. The number of aryl methyl sites for hydroxylation is 2. The zero-order chi connectivity index (χ0) is 15.9. The van der Waals surface area contributed by atoms with Crippen molar-refractivity contribution in [1.82, 2.24) is 4.72 Å². The summed E-state index contributed by atoms with van der Waals surface area (Å²) < 4.78 is 2.97. The molecule has 5 heteroatoms. The molecule has 2 rings (SSSR count). The third-order valence-corrected chi connectivity index (χ3v) is 4.87. The average molecular weight is 319 g/mol. The summed E-state index contributed by atoms with van der Waals surface area (Å²) in [6, 6.07) is 7.70. The lowest BCUT2D eigenvalue weighted by atomic mass is 9.96. The topological polar surface area (TPSA) is 63.2 Å². The lowest BCUT2D eigenvalue weighted by Gasteiger charge is -2.11. The smallest absolute Gasteiger partial charge is 0.151 e. The number of aldehydes is 1. The second-order valence-electron chi connectivity index (χ2n) is 5.70. The van der Waals surface area contributed by atoms with Crippen molar-refractivity contribution >= 4 is 29.8 Å². The van der Waals surface area contributed by atoms with Crippen LogP contribution in [-0.2, 0) is 20.8 Å². The van der Waals surface area contributed by atoms with E-state index in [1.807, 2.05) is 31.2 Å². The minimum atomic E-state index is -0.424. The number of Topliss-reactive ketones (excluding diaryl/α,β-unsaturated/α-hetero) is 2. The second-order valence-corrected chi connectivity index (χ2v) is 6.55. The molecule has 2 atom stereocenters. The van der Waals surface area contributed by atoms with Gasteiger partial charge in [-0.1, -0.05) is 41.8 Å². The SMILES string of the molecule is Cc1ccc(CCC(=O)CCC(=O)C2NSC[C@H]2C=O)cc1. The van der Waals surface area contributed by atoms with Crippen LogP contribution in [0.3, 0.4) is 0 Å². The van der Waals surface area contributed by atoms with E-state index < -0.39 is 6.04 Å². The second kappa shape index (κ2) is 8.25. The molecular weight excluding hydrogens is 298 g/mol. The Balaban J connectivity index is 1.72. The molecule has 0 aromatic heterocycles. The van der Waals surface area contributed by atoms with E-state index in [-0.39, 0.29) is 30.3 Å². The van der Waals surface area contributed by atoms with E-state index in [1.165, 1.54) is 17.5 Å². The van der Waals surface area contributed by atoms with Crippen LogP contribution in [0, 0.1) is 12.8 Å². The van der Waals surface area contributed by atoms with Crippen LogP contribution < -0.4 is 4.72 Å². The van der Waals surface area contributed by atoms with Gasteiger partial charge in [-0.05, 0) is 18.9 Å². The van der Waals surface area contributed by atoms with Crippen molar-refractivity contribution in [2.45, 2.75) is 38.6 Å². The van der Waals surface area contributed by atoms with E-state index in [0.717, 1.165) is 11.8 Å². The number of carbonyl (C=O) groups is 3. The van der Waals surface area contributed by atoms with Gasteiger partial charge >= 0.3 is 0 Å². The molecule has 1 N–H and O–H groups in total. The number of rotatable bonds is 8. The molecule has 0 bridgehead atoms. The Morgan fingerprint density at radius 3 is 2.64 bits per heavy atom. The molecule has 0 saturated carbocycles. The fraction of sp³-hybridized carbons (Fsp3) is 0.471. The third-order valence-electron chi connectivity index (χ3n) is 3.90. The van der Waals surface area contributed by atoms with Crippen LogP contribution in [-0.4, -0.2) is 29.6 Å². The molecule has 1 saturated heterocycles. The van der Waals surface area contributed by atoms with E-state index >= 15 is 0 Å². The van der Waals surface area contributed by atoms with Crippen molar-refractivity contribution in [2.24, 2.45) is 5.92 Å². The number of hydrogen-bond acceptors (Lipinski definition) is 5. The maximum atomic E-state index is 12.0. The summed E-state index contributed by atoms with van der Waals surface area (Å²) >= 11 is 1.40. The van der Waals surface area contributed by atoms with Gasteiger partial charge in [-0.15, -0.1) is 0 Å². The molecule has 0 aliphatic carbocycles. The summed E-state index contributed by atoms with van der Waals surface area (Å²) in [7, 11) is 0. The molecule has 0 amide bonds. The fourth-order valence-electron chi connectivity index (χ4n) is 2.42. The molecule has 1 unspecified atom stereocenters. The van der Waals surface area contributed by atoms with Crippen LogP contribution in [0.2, 0.25) is 0 Å². The van der Waals surface area contributed by atoms with Crippen molar-refractivity contribution in [3.63, 3.8) is 0 Å². The monoisotopic (exact) mass is 319 g/mol. The first kappa shape index (κ1) is 16.9. The lowest BCUT2D eigenvalue weighted by molar-refractivity contribution is -0.126. The first-order chi connectivity index (χ1) is 10.6. The van der Waals surface area contributed by atoms with Gasteiger partial charge in [-0.2, -0.15) is 0 Å². The Morgan fingerprint density at radius 1 is 1.23 bits per heavy atom. The number of ketones is 2. The van der Waals surface area contributed by atoms with Crippen LogP contribution in [0.5, 0.6) is 0 Å². The van der Waals surface area contributed by atoms with Gasteiger partial charge in [0.2, 0.25) is 0 Å². The minimum Gasteiger partial charge on any atom is -0.303 e. The van der Waals surface area contributed by atoms with Crippen molar-refractivity contribution in [1.29, 1.82) is 0 Å². The maximum absolute atomic E-state index is 12.0. The molecular formula is C17H21NO3S.